The van der Waals surface area contributed by atoms with Gasteiger partial charge in [0.05, 0.1) is 6.04 Å². The fraction of sp³-hybridized carbons (Fsp3) is 0.222. The molecule has 0 radical (unpaired) electrons. The molecule has 0 saturated carbocycles. The molecular weight excluding hydrogens is 276 g/mol. The number of hydrogen-bond acceptors (Lipinski definition) is 2. The molecule has 1 unspecified atom stereocenters. The first kappa shape index (κ1) is 14.3. The summed E-state index contributed by atoms with van der Waals surface area (Å²) in [6.45, 7) is 1.52. The number of urea groups is 1. The zero-order chi connectivity index (χ0) is 15.5. The number of amides is 2. The lowest BCUT2D eigenvalue weighted by molar-refractivity contribution is 0.101. The van der Waals surface area contributed by atoms with Crippen LogP contribution < -0.4 is 10.6 Å². The summed E-state index contributed by atoms with van der Waals surface area (Å²) in [5.74, 6) is 0.0126. The van der Waals surface area contributed by atoms with Crippen molar-refractivity contribution in [1.29, 1.82) is 0 Å². The van der Waals surface area contributed by atoms with Gasteiger partial charge in [0.2, 0.25) is 0 Å². The van der Waals surface area contributed by atoms with Crippen LogP contribution in [-0.2, 0) is 6.42 Å². The molecular formula is C18H18N2O2. The van der Waals surface area contributed by atoms with Crippen LogP contribution in [0.1, 0.15) is 40.9 Å². The minimum atomic E-state index is -0.225. The van der Waals surface area contributed by atoms with Gasteiger partial charge < -0.3 is 10.6 Å². The third-order valence-electron chi connectivity index (χ3n) is 3.99. The maximum absolute atomic E-state index is 12.1. The van der Waals surface area contributed by atoms with Gasteiger partial charge in [-0.25, -0.2) is 4.79 Å². The zero-order valence-electron chi connectivity index (χ0n) is 12.4. The molecule has 0 fully saturated rings. The summed E-state index contributed by atoms with van der Waals surface area (Å²) in [5, 5.41) is 5.81. The Labute approximate surface area is 129 Å². The van der Waals surface area contributed by atoms with Gasteiger partial charge in [-0.3, -0.25) is 4.79 Å². The number of anilines is 1. The van der Waals surface area contributed by atoms with E-state index in [-0.39, 0.29) is 17.9 Å². The van der Waals surface area contributed by atoms with Gasteiger partial charge >= 0.3 is 6.03 Å². The molecule has 1 atom stereocenters. The van der Waals surface area contributed by atoms with Crippen molar-refractivity contribution in [3.63, 3.8) is 0 Å². The van der Waals surface area contributed by atoms with Crippen LogP contribution in [0.25, 0.3) is 0 Å². The number of benzene rings is 2. The fourth-order valence-electron chi connectivity index (χ4n) is 2.82. The van der Waals surface area contributed by atoms with Crippen LogP contribution in [0.5, 0.6) is 0 Å². The Morgan fingerprint density at radius 2 is 1.77 bits per heavy atom. The molecule has 2 N–H and O–H groups in total. The Morgan fingerprint density at radius 3 is 2.50 bits per heavy atom. The zero-order valence-corrected chi connectivity index (χ0v) is 12.4. The summed E-state index contributed by atoms with van der Waals surface area (Å²) in [6, 6.07) is 14.9. The van der Waals surface area contributed by atoms with Crippen molar-refractivity contribution in [3.8, 4) is 0 Å². The third-order valence-corrected chi connectivity index (χ3v) is 3.99. The van der Waals surface area contributed by atoms with Gasteiger partial charge in [0.1, 0.15) is 0 Å². The number of aryl methyl sites for hydroxylation is 1. The van der Waals surface area contributed by atoms with Crippen LogP contribution in [0.2, 0.25) is 0 Å². The van der Waals surface area contributed by atoms with E-state index in [0.29, 0.717) is 11.3 Å². The number of hydrogen-bond donors (Lipinski definition) is 2. The number of carbonyl (C=O) groups is 2. The Kier molecular flexibility index (Phi) is 3.92. The highest BCUT2D eigenvalue weighted by molar-refractivity contribution is 5.95. The number of carbonyl (C=O) groups excluding carboxylic acids is 2. The number of Topliss-reactive ketones (excluding diaryl/α,β-unsaturated/α-hetero) is 1. The highest BCUT2D eigenvalue weighted by Crippen LogP contribution is 2.30. The van der Waals surface area contributed by atoms with E-state index in [9.17, 15) is 9.59 Å². The molecule has 22 heavy (non-hydrogen) atoms. The van der Waals surface area contributed by atoms with E-state index in [1.807, 2.05) is 12.1 Å². The molecule has 0 bridgehead atoms. The van der Waals surface area contributed by atoms with Gasteiger partial charge in [-0.05, 0) is 55.2 Å². The van der Waals surface area contributed by atoms with Crippen molar-refractivity contribution >= 4 is 17.5 Å². The molecule has 3 rings (SSSR count). The van der Waals surface area contributed by atoms with E-state index in [0.717, 1.165) is 12.8 Å². The maximum atomic E-state index is 12.1. The molecule has 0 aliphatic heterocycles. The summed E-state index contributed by atoms with van der Waals surface area (Å²) < 4.78 is 0. The van der Waals surface area contributed by atoms with Crippen molar-refractivity contribution < 1.29 is 9.59 Å². The van der Waals surface area contributed by atoms with Gasteiger partial charge in [0, 0.05) is 11.3 Å². The maximum Gasteiger partial charge on any atom is 0.319 e. The fourth-order valence-corrected chi connectivity index (χ4v) is 2.82. The molecule has 2 aromatic carbocycles. The van der Waals surface area contributed by atoms with Crippen molar-refractivity contribution in [2.75, 3.05) is 5.32 Å². The molecule has 2 amide bonds. The molecule has 0 aromatic heterocycles. The van der Waals surface area contributed by atoms with Crippen molar-refractivity contribution in [2.45, 2.75) is 25.8 Å². The minimum absolute atomic E-state index is 0.0126. The van der Waals surface area contributed by atoms with Crippen LogP contribution in [0, 0.1) is 0 Å². The molecule has 0 saturated heterocycles. The standard InChI is InChI=1S/C18H18N2O2/c1-12(21)13-6-9-15(10-7-13)19-18(22)20-17-11-8-14-4-2-3-5-16(14)17/h2-7,9-10,17H,8,11H2,1H3,(H2,19,20,22). The quantitative estimate of drug-likeness (QED) is 0.848. The molecule has 1 aliphatic rings. The van der Waals surface area contributed by atoms with Crippen molar-refractivity contribution in [2.24, 2.45) is 0 Å². The molecule has 2 aromatic rings. The van der Waals surface area contributed by atoms with Gasteiger partial charge in [-0.1, -0.05) is 24.3 Å². The molecule has 4 nitrogen and oxygen atoms in total. The monoisotopic (exact) mass is 294 g/mol. The first-order valence-corrected chi connectivity index (χ1v) is 7.40. The van der Waals surface area contributed by atoms with E-state index in [1.165, 1.54) is 18.1 Å². The topological polar surface area (TPSA) is 58.2 Å². The lowest BCUT2D eigenvalue weighted by atomic mass is 10.1. The number of rotatable bonds is 3. The van der Waals surface area contributed by atoms with E-state index < -0.39 is 0 Å². The first-order chi connectivity index (χ1) is 10.6. The summed E-state index contributed by atoms with van der Waals surface area (Å²) in [5.41, 5.74) is 3.81. The average molecular weight is 294 g/mol. The van der Waals surface area contributed by atoms with Crippen LogP contribution >= 0.6 is 0 Å². The second kappa shape index (κ2) is 6.02. The second-order valence-electron chi connectivity index (χ2n) is 5.52. The van der Waals surface area contributed by atoms with Gasteiger partial charge in [0.25, 0.3) is 0 Å². The van der Waals surface area contributed by atoms with Crippen LogP contribution in [0.15, 0.2) is 48.5 Å². The average Bonchev–Trinajstić information content (AvgIpc) is 2.91. The Hall–Kier alpha value is -2.62. The third kappa shape index (κ3) is 3.01. The Bertz CT molecular complexity index is 707. The molecule has 1 aliphatic carbocycles. The van der Waals surface area contributed by atoms with E-state index in [1.54, 1.807) is 24.3 Å². The van der Waals surface area contributed by atoms with Crippen molar-refractivity contribution in [1.82, 2.24) is 5.32 Å². The van der Waals surface area contributed by atoms with E-state index >= 15 is 0 Å². The Morgan fingerprint density at radius 1 is 1.05 bits per heavy atom. The van der Waals surface area contributed by atoms with Crippen LogP contribution in [-0.4, -0.2) is 11.8 Å². The summed E-state index contributed by atoms with van der Waals surface area (Å²) in [4.78, 5) is 23.3. The SMILES string of the molecule is CC(=O)c1ccc(NC(=O)NC2CCc3ccccc32)cc1. The van der Waals surface area contributed by atoms with Gasteiger partial charge in [-0.2, -0.15) is 0 Å². The molecule has 112 valence electrons. The molecule has 4 heteroatoms. The summed E-state index contributed by atoms with van der Waals surface area (Å²) in [7, 11) is 0. The van der Waals surface area contributed by atoms with Crippen molar-refractivity contribution in [3.05, 3.63) is 65.2 Å². The largest absolute Gasteiger partial charge is 0.331 e. The summed E-state index contributed by atoms with van der Waals surface area (Å²) >= 11 is 0. The normalized spacial score (nSPS) is 16.0. The second-order valence-corrected chi connectivity index (χ2v) is 5.52. The summed E-state index contributed by atoms with van der Waals surface area (Å²) in [6.07, 6.45) is 1.92. The smallest absolute Gasteiger partial charge is 0.319 e. The number of ketones is 1. The van der Waals surface area contributed by atoms with Gasteiger partial charge in [0.15, 0.2) is 5.78 Å². The number of nitrogens with one attached hydrogen (secondary N) is 2. The molecule has 0 heterocycles. The predicted molar refractivity (Wildman–Crippen MR) is 86.1 cm³/mol. The minimum Gasteiger partial charge on any atom is -0.331 e. The Balaban J connectivity index is 1.62. The lowest BCUT2D eigenvalue weighted by Crippen LogP contribution is -2.31. The number of fused-ring (bicyclic) bond motifs is 1. The van der Waals surface area contributed by atoms with Crippen LogP contribution in [0.4, 0.5) is 10.5 Å². The lowest BCUT2D eigenvalue weighted by Gasteiger charge is -2.15. The highest BCUT2D eigenvalue weighted by Gasteiger charge is 2.23. The van der Waals surface area contributed by atoms with Gasteiger partial charge in [-0.15, -0.1) is 0 Å². The van der Waals surface area contributed by atoms with Crippen LogP contribution in [0.3, 0.4) is 0 Å². The van der Waals surface area contributed by atoms with E-state index in [2.05, 4.69) is 22.8 Å². The highest BCUT2D eigenvalue weighted by atomic mass is 16.2. The van der Waals surface area contributed by atoms with E-state index in [4.69, 9.17) is 0 Å². The predicted octanol–water partition coefficient (Wildman–Crippen LogP) is 3.70. The molecule has 0 spiro atoms. The first-order valence-electron chi connectivity index (χ1n) is 7.40.